The van der Waals surface area contributed by atoms with Crippen LogP contribution >= 0.6 is 0 Å². The van der Waals surface area contributed by atoms with Gasteiger partial charge in [-0.15, -0.1) is 0 Å². The van der Waals surface area contributed by atoms with Crippen LogP contribution in [-0.2, 0) is 14.4 Å². The Hall–Kier alpha value is -2.63. The Kier molecular flexibility index (Phi) is 6.50. The minimum atomic E-state index is -0.00216. The average Bonchev–Trinajstić information content (AvgIpc) is 3.24. The molecule has 160 valence electrons. The third-order valence-corrected chi connectivity index (χ3v) is 6.52. The highest BCUT2D eigenvalue weighted by atomic mass is 16.2. The predicted octanol–water partition coefficient (Wildman–Crippen LogP) is 3.08. The number of piperidine rings is 2. The Morgan fingerprint density at radius 3 is 2.17 bits per heavy atom. The van der Waals surface area contributed by atoms with Crippen molar-refractivity contribution in [3.05, 3.63) is 35.9 Å². The zero-order valence-electron chi connectivity index (χ0n) is 17.6. The maximum absolute atomic E-state index is 12.7. The number of carbonyl (C=O) groups is 3. The van der Waals surface area contributed by atoms with E-state index in [0.29, 0.717) is 19.5 Å². The number of likely N-dealkylation sites (tertiary alicyclic amines) is 2. The Morgan fingerprint density at radius 1 is 0.833 bits per heavy atom. The first kappa shape index (κ1) is 20.6. The normalized spacial score (nSPS) is 20.9. The van der Waals surface area contributed by atoms with Crippen LogP contribution in [0.25, 0.3) is 6.08 Å². The summed E-state index contributed by atoms with van der Waals surface area (Å²) in [4.78, 5) is 42.7. The van der Waals surface area contributed by atoms with Gasteiger partial charge in [0.15, 0.2) is 0 Å². The molecule has 3 aliphatic heterocycles. The van der Waals surface area contributed by atoms with Gasteiger partial charge in [0.2, 0.25) is 17.7 Å². The predicted molar refractivity (Wildman–Crippen MR) is 117 cm³/mol. The summed E-state index contributed by atoms with van der Waals surface area (Å²) in [6.07, 6.45) is 9.94. The summed E-state index contributed by atoms with van der Waals surface area (Å²) in [7, 11) is 0. The van der Waals surface area contributed by atoms with Crippen molar-refractivity contribution in [2.75, 3.05) is 37.6 Å². The van der Waals surface area contributed by atoms with Crippen LogP contribution in [-0.4, -0.2) is 60.2 Å². The van der Waals surface area contributed by atoms with E-state index in [9.17, 15) is 14.4 Å². The van der Waals surface area contributed by atoms with Crippen LogP contribution in [0.4, 0.5) is 5.69 Å². The third-order valence-electron chi connectivity index (χ3n) is 6.52. The van der Waals surface area contributed by atoms with Crippen molar-refractivity contribution in [3.63, 3.8) is 0 Å². The van der Waals surface area contributed by atoms with Gasteiger partial charge in [0.05, 0.1) is 0 Å². The summed E-state index contributed by atoms with van der Waals surface area (Å²) in [6, 6.07) is 7.75. The minimum Gasteiger partial charge on any atom is -0.342 e. The first-order valence-electron chi connectivity index (χ1n) is 11.3. The highest BCUT2D eigenvalue weighted by Gasteiger charge is 2.30. The van der Waals surface area contributed by atoms with Crippen LogP contribution in [0.2, 0.25) is 0 Å². The molecule has 0 saturated carbocycles. The molecule has 0 bridgehead atoms. The summed E-state index contributed by atoms with van der Waals surface area (Å²) in [5.74, 6) is 0.527. The van der Waals surface area contributed by atoms with E-state index < -0.39 is 0 Å². The third kappa shape index (κ3) is 4.74. The van der Waals surface area contributed by atoms with Gasteiger partial charge < -0.3 is 14.7 Å². The Morgan fingerprint density at radius 2 is 1.53 bits per heavy atom. The molecule has 6 heteroatoms. The van der Waals surface area contributed by atoms with Crippen LogP contribution in [0.1, 0.15) is 50.5 Å². The van der Waals surface area contributed by atoms with Crippen molar-refractivity contribution in [2.45, 2.75) is 44.9 Å². The van der Waals surface area contributed by atoms with Gasteiger partial charge in [0.1, 0.15) is 0 Å². The first-order valence-corrected chi connectivity index (χ1v) is 11.3. The summed E-state index contributed by atoms with van der Waals surface area (Å²) >= 11 is 0. The molecule has 0 N–H and O–H groups in total. The van der Waals surface area contributed by atoms with Crippen molar-refractivity contribution in [3.8, 4) is 0 Å². The summed E-state index contributed by atoms with van der Waals surface area (Å²) in [5.41, 5.74) is 1.86. The van der Waals surface area contributed by atoms with Gasteiger partial charge in [-0.05, 0) is 62.3 Å². The highest BCUT2D eigenvalue weighted by molar-refractivity contribution is 5.95. The van der Waals surface area contributed by atoms with Gasteiger partial charge in [-0.1, -0.05) is 12.1 Å². The molecule has 0 spiro atoms. The van der Waals surface area contributed by atoms with Crippen LogP contribution < -0.4 is 4.90 Å². The van der Waals surface area contributed by atoms with E-state index in [-0.39, 0.29) is 23.6 Å². The molecular weight excluding hydrogens is 378 g/mol. The Bertz CT molecular complexity index is 803. The van der Waals surface area contributed by atoms with Gasteiger partial charge in [-0.3, -0.25) is 14.4 Å². The number of benzene rings is 1. The maximum Gasteiger partial charge on any atom is 0.246 e. The highest BCUT2D eigenvalue weighted by Crippen LogP contribution is 2.23. The molecular formula is C24H31N3O3. The van der Waals surface area contributed by atoms with E-state index in [1.807, 2.05) is 45.0 Å². The SMILES string of the molecule is O=C(/C=C/c1ccc(N2CCCC2=O)cc1)N1CCC(C(=O)N2CCCCC2)CC1. The number of rotatable bonds is 4. The van der Waals surface area contributed by atoms with E-state index in [1.54, 1.807) is 6.08 Å². The fraction of sp³-hybridized carbons (Fsp3) is 0.542. The molecule has 30 heavy (non-hydrogen) atoms. The van der Waals surface area contributed by atoms with Crippen molar-refractivity contribution in [2.24, 2.45) is 5.92 Å². The monoisotopic (exact) mass is 409 g/mol. The average molecular weight is 410 g/mol. The van der Waals surface area contributed by atoms with E-state index in [4.69, 9.17) is 0 Å². The second-order valence-corrected chi connectivity index (χ2v) is 8.56. The van der Waals surface area contributed by atoms with Crippen LogP contribution in [0.3, 0.4) is 0 Å². The van der Waals surface area contributed by atoms with Crippen LogP contribution in [0, 0.1) is 5.92 Å². The molecule has 3 heterocycles. The zero-order valence-corrected chi connectivity index (χ0v) is 17.6. The van der Waals surface area contributed by atoms with Gasteiger partial charge in [-0.2, -0.15) is 0 Å². The van der Waals surface area contributed by atoms with E-state index in [1.165, 1.54) is 6.42 Å². The number of anilines is 1. The smallest absolute Gasteiger partial charge is 0.246 e. The van der Waals surface area contributed by atoms with Gasteiger partial charge in [0, 0.05) is 56.8 Å². The lowest BCUT2D eigenvalue weighted by Crippen LogP contribution is -2.45. The lowest BCUT2D eigenvalue weighted by atomic mass is 9.94. The minimum absolute atomic E-state index is 0.00216. The zero-order chi connectivity index (χ0) is 20.9. The molecule has 4 rings (SSSR count). The molecule has 1 aromatic rings. The largest absolute Gasteiger partial charge is 0.342 e. The van der Waals surface area contributed by atoms with Crippen molar-refractivity contribution in [1.29, 1.82) is 0 Å². The standard InChI is InChI=1S/C24H31N3O3/c28-22(11-8-19-6-9-21(10-7-19)27-16-4-5-23(27)29)25-17-12-20(13-18-25)24(30)26-14-2-1-3-15-26/h6-11,20H,1-5,12-18H2/b11-8+. The molecule has 0 atom stereocenters. The van der Waals surface area contributed by atoms with Gasteiger partial charge >= 0.3 is 0 Å². The first-order chi connectivity index (χ1) is 14.6. The molecule has 3 amide bonds. The van der Waals surface area contributed by atoms with Gasteiger partial charge in [0.25, 0.3) is 0 Å². The van der Waals surface area contributed by atoms with Crippen LogP contribution in [0.5, 0.6) is 0 Å². The molecule has 6 nitrogen and oxygen atoms in total. The van der Waals surface area contributed by atoms with E-state index >= 15 is 0 Å². The van der Waals surface area contributed by atoms with Crippen molar-refractivity contribution in [1.82, 2.24) is 9.80 Å². The van der Waals surface area contributed by atoms with Crippen molar-refractivity contribution >= 4 is 29.5 Å². The molecule has 0 radical (unpaired) electrons. The molecule has 3 aliphatic rings. The lowest BCUT2D eigenvalue weighted by Gasteiger charge is -2.35. The fourth-order valence-corrected chi connectivity index (χ4v) is 4.68. The molecule has 3 saturated heterocycles. The molecule has 0 aliphatic carbocycles. The number of carbonyl (C=O) groups excluding carboxylic acids is 3. The van der Waals surface area contributed by atoms with Gasteiger partial charge in [-0.25, -0.2) is 0 Å². The molecule has 3 fully saturated rings. The summed E-state index contributed by atoms with van der Waals surface area (Å²) in [6.45, 7) is 3.85. The van der Waals surface area contributed by atoms with Crippen LogP contribution in [0.15, 0.2) is 30.3 Å². The summed E-state index contributed by atoms with van der Waals surface area (Å²) in [5, 5.41) is 0. The molecule has 0 aromatic heterocycles. The second kappa shape index (κ2) is 9.45. The molecule has 1 aromatic carbocycles. The maximum atomic E-state index is 12.7. The van der Waals surface area contributed by atoms with Crippen molar-refractivity contribution < 1.29 is 14.4 Å². The number of amides is 3. The Labute approximate surface area is 178 Å². The summed E-state index contributed by atoms with van der Waals surface area (Å²) < 4.78 is 0. The Balaban J connectivity index is 1.26. The lowest BCUT2D eigenvalue weighted by molar-refractivity contribution is -0.140. The topological polar surface area (TPSA) is 60.9 Å². The van der Waals surface area contributed by atoms with E-state index in [0.717, 1.165) is 63.0 Å². The second-order valence-electron chi connectivity index (χ2n) is 8.56. The van der Waals surface area contributed by atoms with E-state index in [2.05, 4.69) is 0 Å². The fourth-order valence-electron chi connectivity index (χ4n) is 4.68. The number of nitrogens with zero attached hydrogens (tertiary/aromatic N) is 3. The quantitative estimate of drug-likeness (QED) is 0.718. The number of hydrogen-bond acceptors (Lipinski definition) is 3. The number of hydrogen-bond donors (Lipinski definition) is 0. The molecule has 0 unspecified atom stereocenters.